The van der Waals surface area contributed by atoms with Gasteiger partial charge in [-0.05, 0) is 66.4 Å². The molecule has 3 rings (SSSR count). The van der Waals surface area contributed by atoms with E-state index in [9.17, 15) is 4.79 Å². The van der Waals surface area contributed by atoms with Gasteiger partial charge in [0, 0.05) is 29.1 Å². The molecule has 26 heavy (non-hydrogen) atoms. The Labute approximate surface area is 158 Å². The number of rotatable bonds is 5. The van der Waals surface area contributed by atoms with Crippen molar-refractivity contribution in [2.45, 2.75) is 13.3 Å². The van der Waals surface area contributed by atoms with E-state index in [1.54, 1.807) is 6.20 Å². The summed E-state index contributed by atoms with van der Waals surface area (Å²) in [5, 5.41) is 6.40. The molecule has 0 spiro atoms. The van der Waals surface area contributed by atoms with Crippen LogP contribution in [0.15, 0.2) is 66.9 Å². The summed E-state index contributed by atoms with van der Waals surface area (Å²) in [6, 6.07) is 19.2. The van der Waals surface area contributed by atoms with Crippen LogP contribution in [0.3, 0.4) is 0 Å². The van der Waals surface area contributed by atoms with Crippen LogP contribution in [0, 0.1) is 6.92 Å². The molecule has 4 nitrogen and oxygen atoms in total. The molecule has 0 atom stereocenters. The molecule has 5 heteroatoms. The Morgan fingerprint density at radius 3 is 2.58 bits per heavy atom. The lowest BCUT2D eigenvalue weighted by molar-refractivity contribution is 0.252. The molecule has 1 aromatic heterocycles. The Morgan fingerprint density at radius 2 is 1.85 bits per heavy atom. The van der Waals surface area contributed by atoms with Crippen molar-refractivity contribution in [3.8, 4) is 11.1 Å². The van der Waals surface area contributed by atoms with Gasteiger partial charge in [-0.15, -0.1) is 0 Å². The van der Waals surface area contributed by atoms with Gasteiger partial charge in [0.25, 0.3) is 0 Å². The number of nitrogens with zero attached hydrogens (tertiary/aromatic N) is 1. The van der Waals surface area contributed by atoms with E-state index in [2.05, 4.69) is 15.6 Å². The van der Waals surface area contributed by atoms with Gasteiger partial charge in [0.2, 0.25) is 0 Å². The van der Waals surface area contributed by atoms with E-state index in [0.717, 1.165) is 34.5 Å². The minimum absolute atomic E-state index is 0.223. The fraction of sp³-hybridized carbons (Fsp3) is 0.143. The van der Waals surface area contributed by atoms with Crippen LogP contribution in [-0.4, -0.2) is 17.6 Å². The van der Waals surface area contributed by atoms with Crippen molar-refractivity contribution in [2.24, 2.45) is 0 Å². The summed E-state index contributed by atoms with van der Waals surface area (Å²) < 4.78 is 0. The van der Waals surface area contributed by atoms with Crippen molar-refractivity contribution in [2.75, 3.05) is 11.9 Å². The first-order valence-electron chi connectivity index (χ1n) is 8.42. The summed E-state index contributed by atoms with van der Waals surface area (Å²) in [6.07, 6.45) is 2.53. The van der Waals surface area contributed by atoms with Crippen LogP contribution in [0.25, 0.3) is 11.1 Å². The average Bonchev–Trinajstić information content (AvgIpc) is 2.62. The van der Waals surface area contributed by atoms with Gasteiger partial charge in [-0.2, -0.15) is 0 Å². The van der Waals surface area contributed by atoms with Crippen LogP contribution in [0.2, 0.25) is 5.02 Å². The number of nitrogens with one attached hydrogen (secondary N) is 2. The van der Waals surface area contributed by atoms with E-state index in [1.807, 2.05) is 67.6 Å². The van der Waals surface area contributed by atoms with E-state index in [0.29, 0.717) is 11.6 Å². The highest BCUT2D eigenvalue weighted by molar-refractivity contribution is 6.30. The number of aryl methyl sites for hydroxylation is 1. The third-order valence-electron chi connectivity index (χ3n) is 3.96. The Kier molecular flexibility index (Phi) is 5.87. The lowest BCUT2D eigenvalue weighted by Gasteiger charge is -2.09. The maximum Gasteiger partial charge on any atom is 0.319 e. The lowest BCUT2D eigenvalue weighted by atomic mass is 10.1. The van der Waals surface area contributed by atoms with Crippen LogP contribution < -0.4 is 10.6 Å². The quantitative estimate of drug-likeness (QED) is 0.662. The smallest absolute Gasteiger partial charge is 0.319 e. The molecule has 0 saturated carbocycles. The first-order chi connectivity index (χ1) is 12.6. The second-order valence-corrected chi connectivity index (χ2v) is 6.46. The number of hydrogen-bond acceptors (Lipinski definition) is 2. The van der Waals surface area contributed by atoms with Crippen molar-refractivity contribution in [3.63, 3.8) is 0 Å². The maximum absolute atomic E-state index is 12.0. The molecule has 2 amide bonds. The van der Waals surface area contributed by atoms with Crippen LogP contribution in [0.4, 0.5) is 10.5 Å². The molecule has 0 fully saturated rings. The molecule has 1 heterocycles. The summed E-state index contributed by atoms with van der Waals surface area (Å²) in [5.41, 5.74) is 5.01. The zero-order chi connectivity index (χ0) is 18.4. The van der Waals surface area contributed by atoms with Crippen LogP contribution in [0.5, 0.6) is 0 Å². The fourth-order valence-electron chi connectivity index (χ4n) is 2.66. The maximum atomic E-state index is 12.0. The monoisotopic (exact) mass is 365 g/mol. The molecule has 0 aliphatic carbocycles. The average molecular weight is 366 g/mol. The predicted molar refractivity (Wildman–Crippen MR) is 107 cm³/mol. The second-order valence-electron chi connectivity index (χ2n) is 6.02. The number of hydrogen-bond donors (Lipinski definition) is 2. The molecule has 0 radical (unpaired) electrons. The van der Waals surface area contributed by atoms with Gasteiger partial charge in [0.05, 0.1) is 0 Å². The standard InChI is InChI=1S/C21H20ClN3O/c1-15-13-18(10-12-23-15)17-5-7-20(8-6-17)25-21(26)24-11-9-16-3-2-4-19(22)14-16/h2-8,10,12-14H,9,11H2,1H3,(H2,24,25,26). The second kappa shape index (κ2) is 8.50. The van der Waals surface area contributed by atoms with E-state index in [1.165, 1.54) is 0 Å². The van der Waals surface area contributed by atoms with Crippen LogP contribution in [0.1, 0.15) is 11.3 Å². The van der Waals surface area contributed by atoms with Gasteiger partial charge in [0.1, 0.15) is 0 Å². The molecule has 2 aromatic carbocycles. The third-order valence-corrected chi connectivity index (χ3v) is 4.20. The molecule has 3 aromatic rings. The molecular formula is C21H20ClN3O. The summed E-state index contributed by atoms with van der Waals surface area (Å²) in [4.78, 5) is 16.2. The minimum atomic E-state index is -0.223. The molecule has 0 bridgehead atoms. The van der Waals surface area contributed by atoms with Gasteiger partial charge in [0.15, 0.2) is 0 Å². The number of urea groups is 1. The Balaban J connectivity index is 1.51. The summed E-state index contributed by atoms with van der Waals surface area (Å²) in [7, 11) is 0. The number of pyridine rings is 1. The molecule has 0 unspecified atom stereocenters. The van der Waals surface area contributed by atoms with Crippen molar-refractivity contribution >= 4 is 23.3 Å². The summed E-state index contributed by atoms with van der Waals surface area (Å²) in [6.45, 7) is 2.51. The van der Waals surface area contributed by atoms with Crippen molar-refractivity contribution in [1.29, 1.82) is 0 Å². The first kappa shape index (κ1) is 18.0. The number of halogens is 1. The Morgan fingerprint density at radius 1 is 1.04 bits per heavy atom. The van der Waals surface area contributed by atoms with Gasteiger partial charge < -0.3 is 10.6 Å². The third kappa shape index (κ3) is 5.07. The fourth-order valence-corrected chi connectivity index (χ4v) is 2.87. The normalized spacial score (nSPS) is 10.4. The minimum Gasteiger partial charge on any atom is -0.338 e. The van der Waals surface area contributed by atoms with Crippen LogP contribution in [-0.2, 0) is 6.42 Å². The highest BCUT2D eigenvalue weighted by atomic mass is 35.5. The first-order valence-corrected chi connectivity index (χ1v) is 8.80. The zero-order valence-electron chi connectivity index (χ0n) is 14.5. The van der Waals surface area contributed by atoms with Gasteiger partial charge in [-0.3, -0.25) is 4.98 Å². The molecular weight excluding hydrogens is 346 g/mol. The summed E-state index contributed by atoms with van der Waals surface area (Å²) >= 11 is 5.96. The van der Waals surface area contributed by atoms with E-state index >= 15 is 0 Å². The molecule has 0 saturated heterocycles. The number of carbonyl (C=O) groups excluding carboxylic acids is 1. The molecule has 0 aliphatic rings. The highest BCUT2D eigenvalue weighted by Crippen LogP contribution is 2.21. The predicted octanol–water partition coefficient (Wildman–Crippen LogP) is 5.07. The van der Waals surface area contributed by atoms with E-state index in [4.69, 9.17) is 11.6 Å². The lowest BCUT2D eigenvalue weighted by Crippen LogP contribution is -2.30. The van der Waals surface area contributed by atoms with Crippen molar-refractivity contribution in [1.82, 2.24) is 10.3 Å². The van der Waals surface area contributed by atoms with Gasteiger partial charge >= 0.3 is 6.03 Å². The highest BCUT2D eigenvalue weighted by Gasteiger charge is 2.03. The SMILES string of the molecule is Cc1cc(-c2ccc(NC(=O)NCCc3cccc(Cl)c3)cc2)ccn1. The molecule has 132 valence electrons. The zero-order valence-corrected chi connectivity index (χ0v) is 15.3. The van der Waals surface area contributed by atoms with E-state index < -0.39 is 0 Å². The van der Waals surface area contributed by atoms with Gasteiger partial charge in [-0.1, -0.05) is 35.9 Å². The Bertz CT molecular complexity index is 894. The molecule has 0 aliphatic heterocycles. The summed E-state index contributed by atoms with van der Waals surface area (Å²) in [5.74, 6) is 0. The largest absolute Gasteiger partial charge is 0.338 e. The van der Waals surface area contributed by atoms with Crippen LogP contribution >= 0.6 is 11.6 Å². The van der Waals surface area contributed by atoms with Crippen molar-refractivity contribution in [3.05, 3.63) is 83.1 Å². The topological polar surface area (TPSA) is 54.0 Å². The number of aromatic nitrogens is 1. The Hall–Kier alpha value is -2.85. The number of anilines is 1. The van der Waals surface area contributed by atoms with E-state index in [-0.39, 0.29) is 6.03 Å². The van der Waals surface area contributed by atoms with Crippen molar-refractivity contribution < 1.29 is 4.79 Å². The number of amides is 2. The van der Waals surface area contributed by atoms with Gasteiger partial charge in [-0.25, -0.2) is 4.79 Å². The molecule has 2 N–H and O–H groups in total. The number of benzene rings is 2. The number of carbonyl (C=O) groups is 1.